The number of rotatable bonds is 8. The van der Waals surface area contributed by atoms with Crippen LogP contribution >= 0.6 is 0 Å². The summed E-state index contributed by atoms with van der Waals surface area (Å²) in [7, 11) is 0. The summed E-state index contributed by atoms with van der Waals surface area (Å²) >= 11 is -1.71. The Morgan fingerprint density at radius 3 is 2.56 bits per heavy atom. The molecule has 0 saturated heterocycles. The van der Waals surface area contributed by atoms with E-state index >= 15 is 0 Å². The van der Waals surface area contributed by atoms with Gasteiger partial charge in [0, 0.05) is 18.9 Å². The van der Waals surface area contributed by atoms with Crippen LogP contribution in [0.1, 0.15) is 85.0 Å². The highest BCUT2D eigenvalue weighted by Crippen LogP contribution is 2.67. The standard InChI is InChI=1S/C26H45NO4S/c1-17(5-4-12-27-13-14-32(30)31)20-6-7-21-24-22(9-11-26(20,21)3)25(2)10-8-19(28)15-18(25)16-23(24)29/h17-22,24,27-28H,4-16H2,1-3H3,(H,30,31). The summed E-state index contributed by atoms with van der Waals surface area (Å²) in [5, 5.41) is 13.5. The second-order valence-corrected chi connectivity index (χ2v) is 13.2. The van der Waals surface area contributed by atoms with Crippen molar-refractivity contribution in [2.45, 2.75) is 91.1 Å². The number of carbonyl (C=O) groups is 1. The molecular weight excluding hydrogens is 422 g/mol. The molecule has 0 aromatic heterocycles. The number of aliphatic hydroxyl groups excluding tert-OH is 1. The van der Waals surface area contributed by atoms with Crippen LogP contribution in [0.2, 0.25) is 0 Å². The molecule has 32 heavy (non-hydrogen) atoms. The smallest absolute Gasteiger partial charge is 0.154 e. The van der Waals surface area contributed by atoms with E-state index in [1.165, 1.54) is 32.1 Å². The third-order valence-electron chi connectivity index (χ3n) is 10.7. The van der Waals surface area contributed by atoms with Crippen LogP contribution in [-0.2, 0) is 15.9 Å². The fraction of sp³-hybridized carbons (Fsp3) is 0.962. The van der Waals surface area contributed by atoms with Crippen molar-refractivity contribution in [2.75, 3.05) is 18.8 Å². The topological polar surface area (TPSA) is 86.6 Å². The number of nitrogens with one attached hydrogen (secondary N) is 1. The fourth-order valence-electron chi connectivity index (χ4n) is 8.92. The first-order valence-corrected chi connectivity index (χ1v) is 14.4. The Labute approximate surface area is 197 Å². The van der Waals surface area contributed by atoms with E-state index in [9.17, 15) is 14.1 Å². The molecule has 0 heterocycles. The van der Waals surface area contributed by atoms with Crippen molar-refractivity contribution < 1.29 is 18.7 Å². The van der Waals surface area contributed by atoms with E-state index in [4.69, 9.17) is 4.55 Å². The summed E-state index contributed by atoms with van der Waals surface area (Å²) in [5.74, 6) is 3.87. The van der Waals surface area contributed by atoms with Gasteiger partial charge in [-0.3, -0.25) is 4.79 Å². The third kappa shape index (κ3) is 4.50. The number of hydrogen-bond acceptors (Lipinski definition) is 4. The normalized spacial score (nSPS) is 45.6. The van der Waals surface area contributed by atoms with E-state index in [0.29, 0.717) is 54.1 Å². The highest BCUT2D eigenvalue weighted by Gasteiger charge is 2.62. The Bertz CT molecular complexity index is 716. The van der Waals surface area contributed by atoms with Crippen molar-refractivity contribution in [1.29, 1.82) is 0 Å². The molecule has 0 amide bonds. The molecule has 0 aromatic rings. The highest BCUT2D eigenvalue weighted by molar-refractivity contribution is 7.79. The lowest BCUT2D eigenvalue weighted by Crippen LogP contribution is -2.57. The van der Waals surface area contributed by atoms with Crippen molar-refractivity contribution in [3.05, 3.63) is 0 Å². The summed E-state index contributed by atoms with van der Waals surface area (Å²) in [4.78, 5) is 13.5. The van der Waals surface area contributed by atoms with Crippen molar-refractivity contribution in [3.8, 4) is 0 Å². The van der Waals surface area contributed by atoms with E-state index < -0.39 is 11.1 Å². The summed E-state index contributed by atoms with van der Waals surface area (Å²) < 4.78 is 19.6. The van der Waals surface area contributed by atoms with Gasteiger partial charge in [0.15, 0.2) is 11.1 Å². The minimum atomic E-state index is -1.71. The van der Waals surface area contributed by atoms with Gasteiger partial charge < -0.3 is 15.0 Å². The molecule has 3 N–H and O–H groups in total. The number of carbonyl (C=O) groups excluding carboxylic acids is 1. The van der Waals surface area contributed by atoms with Crippen LogP contribution < -0.4 is 5.32 Å². The quantitative estimate of drug-likeness (QED) is 0.364. The lowest BCUT2D eigenvalue weighted by Gasteiger charge is -2.60. The van der Waals surface area contributed by atoms with Gasteiger partial charge in [-0.2, -0.15) is 0 Å². The molecule has 0 aromatic carbocycles. The van der Waals surface area contributed by atoms with Crippen LogP contribution in [0.25, 0.3) is 0 Å². The van der Waals surface area contributed by atoms with E-state index in [1.807, 2.05) is 0 Å². The van der Waals surface area contributed by atoms with E-state index in [-0.39, 0.29) is 22.9 Å². The Hall–Kier alpha value is -0.300. The van der Waals surface area contributed by atoms with E-state index in [1.54, 1.807) is 0 Å². The monoisotopic (exact) mass is 467 g/mol. The maximum Gasteiger partial charge on any atom is 0.154 e. The van der Waals surface area contributed by atoms with Gasteiger partial charge in [0.2, 0.25) is 0 Å². The first-order valence-electron chi connectivity index (χ1n) is 13.2. The van der Waals surface area contributed by atoms with Gasteiger partial charge in [0.05, 0.1) is 11.9 Å². The molecule has 0 aliphatic heterocycles. The van der Waals surface area contributed by atoms with Crippen molar-refractivity contribution in [1.82, 2.24) is 5.32 Å². The predicted octanol–water partition coefficient (Wildman–Crippen LogP) is 4.41. The maximum absolute atomic E-state index is 13.5. The summed E-state index contributed by atoms with van der Waals surface area (Å²) in [6.07, 6.45) is 10.5. The molecule has 4 aliphatic carbocycles. The molecule has 184 valence electrons. The van der Waals surface area contributed by atoms with Crippen molar-refractivity contribution in [2.24, 2.45) is 46.3 Å². The van der Waals surface area contributed by atoms with Gasteiger partial charge >= 0.3 is 0 Å². The summed E-state index contributed by atoms with van der Waals surface area (Å²) in [6.45, 7) is 8.87. The molecule has 10 atom stereocenters. The minimum Gasteiger partial charge on any atom is -0.393 e. The first kappa shape index (κ1) is 24.8. The molecule has 0 bridgehead atoms. The second kappa shape index (κ2) is 9.75. The molecule has 4 saturated carbocycles. The highest BCUT2D eigenvalue weighted by atomic mass is 32.2. The minimum absolute atomic E-state index is 0.205. The number of fused-ring (bicyclic) bond motifs is 5. The van der Waals surface area contributed by atoms with Gasteiger partial charge in [-0.05, 0) is 105 Å². The van der Waals surface area contributed by atoms with Gasteiger partial charge in [-0.1, -0.05) is 20.8 Å². The molecule has 4 rings (SSSR count). The first-order chi connectivity index (χ1) is 15.2. The van der Waals surface area contributed by atoms with Crippen LogP contribution in [0.5, 0.6) is 0 Å². The molecular formula is C26H45NO4S. The van der Waals surface area contributed by atoms with Crippen molar-refractivity contribution >= 4 is 16.9 Å². The van der Waals surface area contributed by atoms with Gasteiger partial charge in [0.25, 0.3) is 0 Å². The zero-order valence-corrected chi connectivity index (χ0v) is 21.2. The average Bonchev–Trinajstić information content (AvgIpc) is 3.09. The van der Waals surface area contributed by atoms with Gasteiger partial charge in [-0.25, -0.2) is 4.21 Å². The van der Waals surface area contributed by atoms with Crippen LogP contribution in [0.3, 0.4) is 0 Å². The van der Waals surface area contributed by atoms with Gasteiger partial charge in [-0.15, -0.1) is 0 Å². The second-order valence-electron chi connectivity index (χ2n) is 12.2. The molecule has 4 aliphatic rings. The predicted molar refractivity (Wildman–Crippen MR) is 129 cm³/mol. The van der Waals surface area contributed by atoms with Crippen LogP contribution in [-0.4, -0.2) is 44.6 Å². The molecule has 0 spiro atoms. The van der Waals surface area contributed by atoms with Gasteiger partial charge in [0.1, 0.15) is 5.78 Å². The summed E-state index contributed by atoms with van der Waals surface area (Å²) in [5.41, 5.74) is 0.529. The van der Waals surface area contributed by atoms with Crippen LogP contribution in [0, 0.1) is 46.3 Å². The third-order valence-corrected chi connectivity index (χ3v) is 11.2. The van der Waals surface area contributed by atoms with Crippen LogP contribution in [0.15, 0.2) is 0 Å². The Morgan fingerprint density at radius 1 is 1.09 bits per heavy atom. The molecule has 4 fully saturated rings. The average molecular weight is 468 g/mol. The Morgan fingerprint density at radius 2 is 1.81 bits per heavy atom. The molecule has 10 unspecified atom stereocenters. The number of aliphatic hydroxyl groups is 1. The van der Waals surface area contributed by atoms with E-state index in [0.717, 1.165) is 32.2 Å². The lowest BCUT2D eigenvalue weighted by atomic mass is 9.44. The zero-order chi connectivity index (χ0) is 23.1. The van der Waals surface area contributed by atoms with Crippen molar-refractivity contribution in [3.63, 3.8) is 0 Å². The van der Waals surface area contributed by atoms with E-state index in [2.05, 4.69) is 26.1 Å². The zero-order valence-electron chi connectivity index (χ0n) is 20.4. The molecule has 6 heteroatoms. The fourth-order valence-corrected chi connectivity index (χ4v) is 9.24. The molecule has 5 nitrogen and oxygen atoms in total. The maximum atomic E-state index is 13.5. The summed E-state index contributed by atoms with van der Waals surface area (Å²) in [6, 6.07) is 0. The molecule has 0 radical (unpaired) electrons. The Kier molecular flexibility index (Phi) is 7.56. The Balaban J connectivity index is 1.39. The number of Topliss-reactive ketones (excluding diaryl/α,β-unsaturated/α-hetero) is 1. The number of ketones is 1. The lowest BCUT2D eigenvalue weighted by molar-refractivity contribution is -0.160. The number of hydrogen-bond donors (Lipinski definition) is 3. The van der Waals surface area contributed by atoms with Crippen LogP contribution in [0.4, 0.5) is 0 Å². The largest absolute Gasteiger partial charge is 0.393 e. The SMILES string of the molecule is CC(CCCNCCS(=O)O)C1CCC2C3C(=O)CC4CC(O)CCC4(C)C3CCC12C.